The Morgan fingerprint density at radius 1 is 1.47 bits per heavy atom. The molecule has 0 spiro atoms. The molecule has 1 aromatic carbocycles. The van der Waals surface area contributed by atoms with E-state index in [0.717, 1.165) is 9.86 Å². The first-order valence-electron chi connectivity index (χ1n) is 5.12. The minimum atomic E-state index is -1.19. The topological polar surface area (TPSA) is 70.2 Å². The number of hydrogen-bond acceptors (Lipinski definition) is 2. The fraction of sp³-hybridized carbons (Fsp3) is 0.167. The van der Waals surface area contributed by atoms with Gasteiger partial charge in [0.15, 0.2) is 0 Å². The number of benzene rings is 1. The van der Waals surface area contributed by atoms with Crippen LogP contribution in [0.25, 0.3) is 10.9 Å². The van der Waals surface area contributed by atoms with Crippen LogP contribution < -0.4 is 5.56 Å². The lowest BCUT2D eigenvalue weighted by Gasteiger charge is -2.08. The van der Waals surface area contributed by atoms with Gasteiger partial charge in [0.1, 0.15) is 5.56 Å². The van der Waals surface area contributed by atoms with E-state index in [1.54, 1.807) is 12.1 Å². The summed E-state index contributed by atoms with van der Waals surface area (Å²) in [5.74, 6) is -1.19. The van der Waals surface area contributed by atoms with Gasteiger partial charge in [0.05, 0.1) is 0 Å². The summed E-state index contributed by atoms with van der Waals surface area (Å²) in [4.78, 5) is 25.4. The SMILES string of the molecule is CCc1c(C(=O)O)c(=O)[nH]c2ccc(Br)cc12. The van der Waals surface area contributed by atoms with Crippen molar-refractivity contribution in [2.24, 2.45) is 0 Å². The maximum Gasteiger partial charge on any atom is 0.341 e. The number of pyridine rings is 1. The molecule has 2 rings (SSSR count). The molecule has 0 saturated heterocycles. The molecule has 1 aromatic heterocycles. The van der Waals surface area contributed by atoms with E-state index in [1.807, 2.05) is 13.0 Å². The first-order valence-corrected chi connectivity index (χ1v) is 5.91. The number of carboxylic acid groups (broad SMARTS) is 1. The smallest absolute Gasteiger partial charge is 0.341 e. The standard InChI is InChI=1S/C12H10BrNO3/c1-2-7-8-5-6(13)3-4-9(8)14-11(15)10(7)12(16)17/h3-5H,2H2,1H3,(H,14,15)(H,16,17). The van der Waals surface area contributed by atoms with Crippen molar-refractivity contribution >= 4 is 32.8 Å². The van der Waals surface area contributed by atoms with E-state index < -0.39 is 11.5 Å². The molecule has 0 bridgehead atoms. The van der Waals surface area contributed by atoms with Crippen LogP contribution in [0.4, 0.5) is 0 Å². The molecule has 0 atom stereocenters. The lowest BCUT2D eigenvalue weighted by molar-refractivity contribution is 0.0694. The molecule has 4 nitrogen and oxygen atoms in total. The largest absolute Gasteiger partial charge is 0.477 e. The number of aromatic amines is 1. The minimum Gasteiger partial charge on any atom is -0.477 e. The molecule has 0 amide bonds. The number of carbonyl (C=O) groups is 1. The van der Waals surface area contributed by atoms with E-state index in [0.29, 0.717) is 17.5 Å². The van der Waals surface area contributed by atoms with Crippen LogP contribution in [-0.2, 0) is 6.42 Å². The van der Waals surface area contributed by atoms with Crippen LogP contribution in [-0.4, -0.2) is 16.1 Å². The number of aryl methyl sites for hydroxylation is 1. The van der Waals surface area contributed by atoms with Crippen molar-refractivity contribution < 1.29 is 9.90 Å². The number of halogens is 1. The van der Waals surface area contributed by atoms with Gasteiger partial charge in [-0.2, -0.15) is 0 Å². The Morgan fingerprint density at radius 3 is 2.76 bits per heavy atom. The van der Waals surface area contributed by atoms with Gasteiger partial charge in [0, 0.05) is 15.4 Å². The van der Waals surface area contributed by atoms with Crippen molar-refractivity contribution in [3.63, 3.8) is 0 Å². The Morgan fingerprint density at radius 2 is 2.18 bits per heavy atom. The quantitative estimate of drug-likeness (QED) is 0.894. The van der Waals surface area contributed by atoms with Crippen molar-refractivity contribution in [2.45, 2.75) is 13.3 Å². The zero-order valence-electron chi connectivity index (χ0n) is 9.08. The second kappa shape index (κ2) is 4.33. The number of fused-ring (bicyclic) bond motifs is 1. The molecular weight excluding hydrogens is 286 g/mol. The average Bonchev–Trinajstić information content (AvgIpc) is 2.27. The highest BCUT2D eigenvalue weighted by Crippen LogP contribution is 2.23. The Hall–Kier alpha value is -1.62. The summed E-state index contributed by atoms with van der Waals surface area (Å²) in [5.41, 5.74) is 0.500. The fourth-order valence-electron chi connectivity index (χ4n) is 1.93. The van der Waals surface area contributed by atoms with Crippen LogP contribution >= 0.6 is 15.9 Å². The first-order chi connectivity index (χ1) is 8.04. The molecule has 0 unspecified atom stereocenters. The van der Waals surface area contributed by atoms with Gasteiger partial charge in [0.2, 0.25) is 0 Å². The van der Waals surface area contributed by atoms with E-state index in [9.17, 15) is 9.59 Å². The van der Waals surface area contributed by atoms with Crippen molar-refractivity contribution in [2.75, 3.05) is 0 Å². The molecule has 0 radical (unpaired) electrons. The molecule has 0 aliphatic carbocycles. The first kappa shape index (κ1) is 11.9. The predicted octanol–water partition coefficient (Wildman–Crippen LogP) is 2.55. The third-order valence-corrected chi connectivity index (χ3v) is 3.14. The molecule has 88 valence electrons. The highest BCUT2D eigenvalue weighted by Gasteiger charge is 2.17. The summed E-state index contributed by atoms with van der Waals surface area (Å²) in [6.45, 7) is 1.83. The van der Waals surface area contributed by atoms with E-state index in [-0.39, 0.29) is 5.56 Å². The number of aromatic nitrogens is 1. The van der Waals surface area contributed by atoms with Gasteiger partial charge in [-0.3, -0.25) is 4.79 Å². The second-order valence-electron chi connectivity index (χ2n) is 3.66. The maximum atomic E-state index is 11.7. The van der Waals surface area contributed by atoms with E-state index in [1.165, 1.54) is 0 Å². The molecular formula is C12H10BrNO3. The van der Waals surface area contributed by atoms with Crippen LogP contribution in [0.5, 0.6) is 0 Å². The molecule has 2 aromatic rings. The highest BCUT2D eigenvalue weighted by atomic mass is 79.9. The Balaban J connectivity index is 2.97. The lowest BCUT2D eigenvalue weighted by Crippen LogP contribution is -2.20. The molecule has 0 aliphatic heterocycles. The molecule has 0 aliphatic rings. The Bertz CT molecular complexity index is 661. The van der Waals surface area contributed by atoms with Crippen molar-refractivity contribution in [1.82, 2.24) is 4.98 Å². The van der Waals surface area contributed by atoms with E-state index in [4.69, 9.17) is 5.11 Å². The van der Waals surface area contributed by atoms with Crippen LogP contribution in [0.1, 0.15) is 22.8 Å². The van der Waals surface area contributed by atoms with E-state index >= 15 is 0 Å². The van der Waals surface area contributed by atoms with Crippen LogP contribution in [0.3, 0.4) is 0 Å². The van der Waals surface area contributed by atoms with Gasteiger partial charge in [-0.1, -0.05) is 22.9 Å². The number of carboxylic acids is 1. The number of rotatable bonds is 2. The van der Waals surface area contributed by atoms with E-state index in [2.05, 4.69) is 20.9 Å². The van der Waals surface area contributed by atoms with Crippen LogP contribution in [0.15, 0.2) is 27.5 Å². The number of aromatic carboxylic acids is 1. The fourth-order valence-corrected chi connectivity index (χ4v) is 2.29. The summed E-state index contributed by atoms with van der Waals surface area (Å²) in [5, 5.41) is 9.84. The van der Waals surface area contributed by atoms with Crippen molar-refractivity contribution in [1.29, 1.82) is 0 Å². The molecule has 5 heteroatoms. The summed E-state index contributed by atoms with van der Waals surface area (Å²) >= 11 is 3.34. The molecule has 1 heterocycles. The maximum absolute atomic E-state index is 11.7. The summed E-state index contributed by atoms with van der Waals surface area (Å²) < 4.78 is 0.850. The Labute approximate surface area is 105 Å². The normalized spacial score (nSPS) is 10.7. The highest BCUT2D eigenvalue weighted by molar-refractivity contribution is 9.10. The van der Waals surface area contributed by atoms with Gasteiger partial charge in [0.25, 0.3) is 5.56 Å². The third-order valence-electron chi connectivity index (χ3n) is 2.65. The van der Waals surface area contributed by atoms with Gasteiger partial charge >= 0.3 is 5.97 Å². The van der Waals surface area contributed by atoms with Crippen molar-refractivity contribution in [3.8, 4) is 0 Å². The lowest BCUT2D eigenvalue weighted by atomic mass is 10.0. The minimum absolute atomic E-state index is 0.168. The summed E-state index contributed by atoms with van der Waals surface area (Å²) in [6, 6.07) is 5.38. The zero-order chi connectivity index (χ0) is 12.6. The molecule has 2 N–H and O–H groups in total. The number of H-pyrrole nitrogens is 1. The second-order valence-corrected chi connectivity index (χ2v) is 4.57. The summed E-state index contributed by atoms with van der Waals surface area (Å²) in [6.07, 6.45) is 0.499. The van der Waals surface area contributed by atoms with Gasteiger partial charge in [-0.15, -0.1) is 0 Å². The van der Waals surface area contributed by atoms with Gasteiger partial charge < -0.3 is 10.1 Å². The third kappa shape index (κ3) is 1.98. The Kier molecular flexibility index (Phi) is 3.02. The predicted molar refractivity (Wildman–Crippen MR) is 68.6 cm³/mol. The zero-order valence-corrected chi connectivity index (χ0v) is 10.7. The molecule has 0 saturated carbocycles. The molecule has 0 fully saturated rings. The van der Waals surface area contributed by atoms with Crippen molar-refractivity contribution in [3.05, 3.63) is 44.2 Å². The number of nitrogens with one attached hydrogen (secondary N) is 1. The van der Waals surface area contributed by atoms with Gasteiger partial charge in [-0.25, -0.2) is 4.79 Å². The number of hydrogen-bond donors (Lipinski definition) is 2. The van der Waals surface area contributed by atoms with Crippen LogP contribution in [0, 0.1) is 0 Å². The average molecular weight is 296 g/mol. The van der Waals surface area contributed by atoms with Gasteiger partial charge in [-0.05, 0) is 30.2 Å². The summed E-state index contributed by atoms with van der Waals surface area (Å²) in [7, 11) is 0. The van der Waals surface area contributed by atoms with Crippen LogP contribution in [0.2, 0.25) is 0 Å². The monoisotopic (exact) mass is 295 g/mol. The molecule has 17 heavy (non-hydrogen) atoms.